The first-order valence-electron chi connectivity index (χ1n) is 4.87. The maximum absolute atomic E-state index is 12.7. The summed E-state index contributed by atoms with van der Waals surface area (Å²) < 4.78 is 43.2. The third-order valence-electron chi connectivity index (χ3n) is 3.42. The van der Waals surface area contributed by atoms with Crippen LogP contribution in [0.3, 0.4) is 0 Å². The molecule has 3 aliphatic rings. The highest BCUT2D eigenvalue weighted by molar-refractivity contribution is 5.35. The normalized spacial score (nSPS) is 41.4. The van der Waals surface area contributed by atoms with E-state index < -0.39 is 17.7 Å². The second-order valence-corrected chi connectivity index (χ2v) is 4.11. The van der Waals surface area contributed by atoms with Gasteiger partial charge in [0.25, 0.3) is 0 Å². The van der Waals surface area contributed by atoms with Crippen molar-refractivity contribution in [3.8, 4) is 0 Å². The molecule has 1 nitrogen and oxygen atoms in total. The van der Waals surface area contributed by atoms with Crippen LogP contribution in [0.15, 0.2) is 36.1 Å². The Morgan fingerprint density at radius 3 is 2.67 bits per heavy atom. The van der Waals surface area contributed by atoms with E-state index in [1.807, 2.05) is 12.2 Å². The first-order chi connectivity index (χ1) is 7.09. The molecule has 4 heteroatoms. The van der Waals surface area contributed by atoms with Gasteiger partial charge in [-0.25, -0.2) is 0 Å². The summed E-state index contributed by atoms with van der Waals surface area (Å²) in [6.07, 6.45) is 3.37. The molecule has 4 atom stereocenters. The van der Waals surface area contributed by atoms with Crippen molar-refractivity contribution >= 4 is 0 Å². The Hall–Kier alpha value is -1.19. The lowest BCUT2D eigenvalue weighted by Gasteiger charge is -2.48. The fourth-order valence-corrected chi connectivity index (χ4v) is 2.73. The van der Waals surface area contributed by atoms with E-state index in [0.29, 0.717) is 0 Å². The van der Waals surface area contributed by atoms with Gasteiger partial charge in [0.2, 0.25) is 0 Å². The molecule has 0 amide bonds. The van der Waals surface area contributed by atoms with Crippen LogP contribution in [0.1, 0.15) is 0 Å². The molecule has 1 heterocycles. The number of fused-ring (bicyclic) bond motifs is 4. The number of hydrogen-bond donors (Lipinski definition) is 0. The minimum atomic E-state index is -4.23. The molecule has 0 N–H and O–H groups in total. The van der Waals surface area contributed by atoms with Crippen LogP contribution in [0.25, 0.3) is 0 Å². The molecule has 0 aromatic heterocycles. The predicted molar refractivity (Wildman–Crippen MR) is 47.8 cm³/mol. The van der Waals surface area contributed by atoms with E-state index in [1.165, 1.54) is 18.4 Å². The molecular weight excluding hydrogens is 205 g/mol. The standard InChI is InChI=1S/C11H9F3O/c12-11(13,14)8-3-1-2-6-7-4-5-15-10(7)9(6)8/h1-7,9-10H/t6-,7+,9+,10+/m0/s1. The van der Waals surface area contributed by atoms with Gasteiger partial charge >= 0.3 is 6.18 Å². The van der Waals surface area contributed by atoms with E-state index in [-0.39, 0.29) is 17.9 Å². The fraction of sp³-hybridized carbons (Fsp3) is 0.455. The van der Waals surface area contributed by atoms with Gasteiger partial charge in [0, 0.05) is 17.4 Å². The highest BCUT2D eigenvalue weighted by atomic mass is 19.4. The topological polar surface area (TPSA) is 9.23 Å². The minimum Gasteiger partial charge on any atom is -0.497 e. The monoisotopic (exact) mass is 214 g/mol. The lowest BCUT2D eigenvalue weighted by atomic mass is 9.58. The zero-order valence-electron chi connectivity index (χ0n) is 7.74. The van der Waals surface area contributed by atoms with Gasteiger partial charge < -0.3 is 4.74 Å². The molecule has 0 unspecified atom stereocenters. The lowest BCUT2D eigenvalue weighted by Crippen LogP contribution is -2.52. The Morgan fingerprint density at radius 2 is 1.93 bits per heavy atom. The minimum absolute atomic E-state index is 0.0321. The van der Waals surface area contributed by atoms with Gasteiger partial charge in [-0.05, 0) is 12.0 Å². The van der Waals surface area contributed by atoms with Crippen LogP contribution in [-0.4, -0.2) is 12.3 Å². The first-order valence-corrected chi connectivity index (χ1v) is 4.87. The van der Waals surface area contributed by atoms with Crippen LogP contribution in [-0.2, 0) is 4.74 Å². The van der Waals surface area contributed by atoms with Crippen molar-refractivity contribution in [2.45, 2.75) is 12.3 Å². The van der Waals surface area contributed by atoms with Crippen molar-refractivity contribution in [3.63, 3.8) is 0 Å². The molecule has 0 radical (unpaired) electrons. The van der Waals surface area contributed by atoms with Gasteiger partial charge in [-0.2, -0.15) is 13.2 Å². The van der Waals surface area contributed by atoms with E-state index >= 15 is 0 Å². The van der Waals surface area contributed by atoms with Gasteiger partial charge in [0.15, 0.2) is 0 Å². The van der Waals surface area contributed by atoms with Gasteiger partial charge in [0.05, 0.1) is 6.26 Å². The Labute approximate surface area is 84.9 Å². The zero-order chi connectivity index (χ0) is 10.6. The second-order valence-electron chi connectivity index (χ2n) is 4.11. The van der Waals surface area contributed by atoms with Gasteiger partial charge in [-0.3, -0.25) is 0 Å². The summed E-state index contributed by atoms with van der Waals surface area (Å²) in [5, 5.41) is 0. The molecular formula is C11H9F3O. The van der Waals surface area contributed by atoms with E-state index in [2.05, 4.69) is 0 Å². The molecule has 3 rings (SSSR count). The SMILES string of the molecule is FC(F)(F)C1=CC=C[C@H]2[C@H]3C=CO[C@H]3[C@@H]12. The second kappa shape index (κ2) is 2.68. The zero-order valence-corrected chi connectivity index (χ0v) is 7.74. The Kier molecular flexibility index (Phi) is 1.62. The van der Waals surface area contributed by atoms with Crippen LogP contribution in [0.5, 0.6) is 0 Å². The summed E-state index contributed by atoms with van der Waals surface area (Å²) >= 11 is 0. The van der Waals surface area contributed by atoms with Crippen LogP contribution in [0.2, 0.25) is 0 Å². The summed E-state index contributed by atoms with van der Waals surface area (Å²) in [5.74, 6) is -0.400. The number of halogens is 3. The molecule has 2 aliphatic carbocycles. The maximum Gasteiger partial charge on any atom is 0.413 e. The molecule has 15 heavy (non-hydrogen) atoms. The van der Waals surface area contributed by atoms with Gasteiger partial charge in [-0.1, -0.05) is 18.2 Å². The summed E-state index contributed by atoms with van der Waals surface area (Å²) in [7, 11) is 0. The number of alkyl halides is 3. The van der Waals surface area contributed by atoms with Crippen molar-refractivity contribution in [2.24, 2.45) is 17.8 Å². The maximum atomic E-state index is 12.7. The average molecular weight is 214 g/mol. The van der Waals surface area contributed by atoms with Crippen LogP contribution in [0.4, 0.5) is 13.2 Å². The fourth-order valence-electron chi connectivity index (χ4n) is 2.73. The molecule has 0 bridgehead atoms. The quantitative estimate of drug-likeness (QED) is 0.602. The molecule has 0 spiro atoms. The Bertz CT molecular complexity index is 378. The molecule has 1 aliphatic heterocycles. The third kappa shape index (κ3) is 1.10. The van der Waals surface area contributed by atoms with Crippen molar-refractivity contribution in [2.75, 3.05) is 0 Å². The number of allylic oxidation sites excluding steroid dienone is 3. The van der Waals surface area contributed by atoms with Crippen LogP contribution < -0.4 is 0 Å². The van der Waals surface area contributed by atoms with Crippen LogP contribution >= 0.6 is 0 Å². The number of rotatable bonds is 0. The Balaban J connectivity index is 1.93. The van der Waals surface area contributed by atoms with E-state index in [0.717, 1.165) is 0 Å². The number of ether oxygens (including phenoxy) is 1. The molecule has 0 aromatic rings. The van der Waals surface area contributed by atoms with E-state index in [1.54, 1.807) is 0 Å². The molecule has 0 aromatic carbocycles. The highest BCUT2D eigenvalue weighted by Gasteiger charge is 2.58. The van der Waals surface area contributed by atoms with Crippen molar-refractivity contribution < 1.29 is 17.9 Å². The summed E-state index contributed by atoms with van der Waals surface area (Å²) in [4.78, 5) is 0. The largest absolute Gasteiger partial charge is 0.497 e. The summed E-state index contributed by atoms with van der Waals surface area (Å²) in [6.45, 7) is 0. The predicted octanol–water partition coefficient (Wildman–Crippen LogP) is 2.82. The summed E-state index contributed by atoms with van der Waals surface area (Å²) in [5.41, 5.74) is -0.444. The Morgan fingerprint density at radius 1 is 1.13 bits per heavy atom. The number of hydrogen-bond acceptors (Lipinski definition) is 1. The molecule has 1 fully saturated rings. The van der Waals surface area contributed by atoms with Gasteiger partial charge in [-0.15, -0.1) is 0 Å². The summed E-state index contributed by atoms with van der Waals surface area (Å²) in [6, 6.07) is 0. The van der Waals surface area contributed by atoms with Crippen molar-refractivity contribution in [3.05, 3.63) is 36.1 Å². The molecule has 1 saturated carbocycles. The smallest absolute Gasteiger partial charge is 0.413 e. The molecule has 0 saturated heterocycles. The van der Waals surface area contributed by atoms with Crippen molar-refractivity contribution in [1.29, 1.82) is 0 Å². The molecule has 80 valence electrons. The van der Waals surface area contributed by atoms with Crippen LogP contribution in [0, 0.1) is 17.8 Å². The highest BCUT2D eigenvalue weighted by Crippen LogP contribution is 2.55. The average Bonchev–Trinajstić information content (AvgIpc) is 2.55. The van der Waals surface area contributed by atoms with Crippen molar-refractivity contribution in [1.82, 2.24) is 0 Å². The van der Waals surface area contributed by atoms with E-state index in [9.17, 15) is 13.2 Å². The van der Waals surface area contributed by atoms with Gasteiger partial charge in [0.1, 0.15) is 6.10 Å². The third-order valence-corrected chi connectivity index (χ3v) is 3.42. The van der Waals surface area contributed by atoms with E-state index in [4.69, 9.17) is 4.74 Å². The lowest BCUT2D eigenvalue weighted by molar-refractivity contribution is -0.127. The first kappa shape index (κ1) is 9.07.